The van der Waals surface area contributed by atoms with Gasteiger partial charge < -0.3 is 15.6 Å². The second-order valence-electron chi connectivity index (χ2n) is 5.73. The maximum absolute atomic E-state index is 10.9. The zero-order chi connectivity index (χ0) is 18.0. The minimum Gasteiger partial charge on any atom is -0.506 e. The van der Waals surface area contributed by atoms with Gasteiger partial charge in [-0.25, -0.2) is 0 Å². The third-order valence-corrected chi connectivity index (χ3v) is 4.21. The van der Waals surface area contributed by atoms with Crippen LogP contribution in [0.4, 0.5) is 5.69 Å². The Morgan fingerprint density at radius 2 is 1.88 bits per heavy atom. The number of rotatable bonds is 3. The van der Waals surface area contributed by atoms with Crippen LogP contribution in [0.3, 0.4) is 0 Å². The summed E-state index contributed by atoms with van der Waals surface area (Å²) in [7, 11) is 0. The van der Waals surface area contributed by atoms with Crippen molar-refractivity contribution < 1.29 is 14.6 Å². The average molecular weight is 333 g/mol. The summed E-state index contributed by atoms with van der Waals surface area (Å²) in [5.74, 6) is 0.987. The molecule has 1 aliphatic heterocycles. The van der Waals surface area contributed by atoms with E-state index in [1.807, 2.05) is 44.2 Å². The molecular weight excluding hydrogens is 314 g/mol. The molecule has 0 aromatic heterocycles. The van der Waals surface area contributed by atoms with E-state index in [0.29, 0.717) is 11.5 Å². The third-order valence-electron chi connectivity index (χ3n) is 4.21. The number of phenols is 1. The van der Waals surface area contributed by atoms with E-state index in [1.54, 1.807) is 18.2 Å². The number of benzene rings is 2. The summed E-state index contributed by atoms with van der Waals surface area (Å²) in [5, 5.41) is 9.95. The molecule has 3 N–H and O–H groups in total. The predicted octanol–water partition coefficient (Wildman–Crippen LogP) is 4.14. The predicted molar refractivity (Wildman–Crippen MR) is 99.3 cm³/mol. The van der Waals surface area contributed by atoms with Crippen molar-refractivity contribution in [2.24, 2.45) is 0 Å². The highest BCUT2D eigenvalue weighted by Crippen LogP contribution is 2.47. The Morgan fingerprint density at radius 3 is 2.56 bits per heavy atom. The van der Waals surface area contributed by atoms with Crippen LogP contribution in [0.15, 0.2) is 66.0 Å². The van der Waals surface area contributed by atoms with Gasteiger partial charge in [0, 0.05) is 16.7 Å². The molecule has 0 fully saturated rings. The smallest absolute Gasteiger partial charge is 0.161 e. The van der Waals surface area contributed by atoms with Crippen LogP contribution in [0.1, 0.15) is 23.6 Å². The lowest BCUT2D eigenvalue weighted by Crippen LogP contribution is -2.12. The van der Waals surface area contributed by atoms with Gasteiger partial charge >= 0.3 is 0 Å². The summed E-state index contributed by atoms with van der Waals surface area (Å²) in [6.07, 6.45) is 5.72. The largest absolute Gasteiger partial charge is 0.506 e. The van der Waals surface area contributed by atoms with Crippen LogP contribution in [0.2, 0.25) is 0 Å². The molecule has 0 radical (unpaired) electrons. The molecule has 25 heavy (non-hydrogen) atoms. The molecule has 2 aromatic rings. The Kier molecular flexibility index (Phi) is 4.44. The SMILES string of the molecule is C/C=C1/Oc2c(ccc(O)c2N)C(c2ccccc2C)=C1/C=C\C=O. The summed E-state index contributed by atoms with van der Waals surface area (Å²) >= 11 is 0. The van der Waals surface area contributed by atoms with E-state index in [1.165, 1.54) is 6.08 Å². The lowest BCUT2D eigenvalue weighted by Gasteiger charge is -2.27. The number of carbonyl (C=O) groups is 1. The van der Waals surface area contributed by atoms with E-state index in [9.17, 15) is 9.90 Å². The minimum absolute atomic E-state index is 0.0229. The molecule has 0 spiro atoms. The number of hydrogen-bond donors (Lipinski definition) is 2. The van der Waals surface area contributed by atoms with Crippen LogP contribution >= 0.6 is 0 Å². The van der Waals surface area contributed by atoms with Gasteiger partial charge in [-0.2, -0.15) is 0 Å². The fourth-order valence-electron chi connectivity index (χ4n) is 2.99. The molecule has 126 valence electrons. The van der Waals surface area contributed by atoms with Gasteiger partial charge in [-0.3, -0.25) is 4.79 Å². The molecule has 0 bridgehead atoms. The summed E-state index contributed by atoms with van der Waals surface area (Å²) in [5.41, 5.74) is 10.8. The summed E-state index contributed by atoms with van der Waals surface area (Å²) in [6.45, 7) is 3.88. The maximum Gasteiger partial charge on any atom is 0.161 e. The Bertz CT molecular complexity index is 936. The number of allylic oxidation sites excluding steroid dienone is 3. The zero-order valence-corrected chi connectivity index (χ0v) is 14.1. The van der Waals surface area contributed by atoms with Gasteiger partial charge in [0.2, 0.25) is 0 Å². The first-order valence-electron chi connectivity index (χ1n) is 7.97. The van der Waals surface area contributed by atoms with Gasteiger partial charge in [-0.1, -0.05) is 24.3 Å². The molecule has 4 nitrogen and oxygen atoms in total. The summed E-state index contributed by atoms with van der Waals surface area (Å²) in [6, 6.07) is 11.3. The molecule has 1 heterocycles. The highest BCUT2D eigenvalue weighted by atomic mass is 16.5. The number of nitrogen functional groups attached to an aromatic ring is 1. The van der Waals surface area contributed by atoms with Crippen LogP contribution in [0.5, 0.6) is 11.5 Å². The summed E-state index contributed by atoms with van der Waals surface area (Å²) in [4.78, 5) is 10.9. The number of anilines is 1. The molecular formula is C21H19NO3. The Labute approximate surface area is 146 Å². The first-order chi connectivity index (χ1) is 12.1. The van der Waals surface area contributed by atoms with Crippen LogP contribution in [0, 0.1) is 6.92 Å². The van der Waals surface area contributed by atoms with Crippen molar-refractivity contribution in [2.75, 3.05) is 5.73 Å². The molecule has 0 saturated heterocycles. The van der Waals surface area contributed by atoms with Gasteiger partial charge in [0.25, 0.3) is 0 Å². The number of aldehydes is 1. The number of nitrogens with two attached hydrogens (primary N) is 1. The Morgan fingerprint density at radius 1 is 1.12 bits per heavy atom. The lowest BCUT2D eigenvalue weighted by molar-refractivity contribution is -0.104. The van der Waals surface area contributed by atoms with Crippen molar-refractivity contribution in [3.05, 3.63) is 82.6 Å². The number of aromatic hydroxyl groups is 1. The van der Waals surface area contributed by atoms with Crippen molar-refractivity contribution >= 4 is 17.5 Å². The highest BCUT2D eigenvalue weighted by molar-refractivity contribution is 5.94. The number of aryl methyl sites for hydroxylation is 1. The van der Waals surface area contributed by atoms with Crippen molar-refractivity contribution in [3.8, 4) is 11.5 Å². The van der Waals surface area contributed by atoms with E-state index in [0.717, 1.165) is 34.1 Å². The molecule has 0 aliphatic carbocycles. The zero-order valence-electron chi connectivity index (χ0n) is 14.1. The van der Waals surface area contributed by atoms with Crippen molar-refractivity contribution in [1.29, 1.82) is 0 Å². The van der Waals surface area contributed by atoms with Crippen LogP contribution in [0.25, 0.3) is 5.57 Å². The minimum atomic E-state index is -0.0229. The number of hydrogen-bond acceptors (Lipinski definition) is 4. The van der Waals surface area contributed by atoms with Gasteiger partial charge in [0.05, 0.1) is 0 Å². The van der Waals surface area contributed by atoms with E-state index in [2.05, 4.69) is 0 Å². The van der Waals surface area contributed by atoms with Crippen molar-refractivity contribution in [2.45, 2.75) is 13.8 Å². The van der Waals surface area contributed by atoms with Gasteiger partial charge in [-0.15, -0.1) is 0 Å². The van der Waals surface area contributed by atoms with Crippen molar-refractivity contribution in [3.63, 3.8) is 0 Å². The first-order valence-corrected chi connectivity index (χ1v) is 7.97. The van der Waals surface area contributed by atoms with Crippen molar-refractivity contribution in [1.82, 2.24) is 0 Å². The highest BCUT2D eigenvalue weighted by Gasteiger charge is 2.27. The molecule has 0 unspecified atom stereocenters. The Balaban J connectivity index is 2.42. The van der Waals surface area contributed by atoms with E-state index >= 15 is 0 Å². The molecule has 4 heteroatoms. The molecule has 3 rings (SSSR count). The lowest BCUT2D eigenvalue weighted by atomic mass is 9.86. The van der Waals surface area contributed by atoms with Gasteiger partial charge in [-0.05, 0) is 55.3 Å². The number of ether oxygens (including phenoxy) is 1. The van der Waals surface area contributed by atoms with E-state index < -0.39 is 0 Å². The topological polar surface area (TPSA) is 72.6 Å². The number of carbonyl (C=O) groups excluding carboxylic acids is 1. The quantitative estimate of drug-likeness (QED) is 0.383. The van der Waals surface area contributed by atoms with Gasteiger partial charge in [0.1, 0.15) is 23.5 Å². The average Bonchev–Trinajstić information content (AvgIpc) is 2.62. The molecule has 1 aliphatic rings. The number of fused-ring (bicyclic) bond motifs is 1. The number of phenolic OH excluding ortho intramolecular Hbond substituents is 1. The standard InChI is InChI=1S/C21H19NO3/c1-3-18-15(9-6-12-23)19(14-8-5-4-7-13(14)2)16-10-11-17(24)20(22)21(16)25-18/h3-12,24H,22H2,1-2H3/b9-6-,18-3+. The monoisotopic (exact) mass is 333 g/mol. The molecule has 0 saturated carbocycles. The maximum atomic E-state index is 10.9. The second kappa shape index (κ2) is 6.69. The Hall–Kier alpha value is -3.27. The van der Waals surface area contributed by atoms with Crippen LogP contribution in [-0.4, -0.2) is 11.4 Å². The molecule has 0 amide bonds. The fourth-order valence-corrected chi connectivity index (χ4v) is 2.99. The van der Waals surface area contributed by atoms with Gasteiger partial charge in [0.15, 0.2) is 5.75 Å². The summed E-state index contributed by atoms with van der Waals surface area (Å²) < 4.78 is 5.95. The normalized spacial score (nSPS) is 15.4. The van der Waals surface area contributed by atoms with Crippen LogP contribution < -0.4 is 10.5 Å². The van der Waals surface area contributed by atoms with Crippen LogP contribution in [-0.2, 0) is 4.79 Å². The van der Waals surface area contributed by atoms with E-state index in [-0.39, 0.29) is 11.4 Å². The second-order valence-corrected chi connectivity index (χ2v) is 5.73. The first kappa shape index (κ1) is 16.6. The fraction of sp³-hybridized carbons (Fsp3) is 0.0952. The van der Waals surface area contributed by atoms with E-state index in [4.69, 9.17) is 10.5 Å². The third kappa shape index (κ3) is 2.83. The molecule has 0 atom stereocenters. The molecule has 2 aromatic carbocycles.